The first-order chi connectivity index (χ1) is 22.1. The van der Waals surface area contributed by atoms with Crippen molar-refractivity contribution in [3.8, 4) is 17.2 Å². The zero-order valence-electron chi connectivity index (χ0n) is 26.7. The van der Waals surface area contributed by atoms with Gasteiger partial charge in [0, 0.05) is 18.7 Å². The van der Waals surface area contributed by atoms with Gasteiger partial charge in [0.2, 0.25) is 11.8 Å². The Labute approximate surface area is 270 Å². The van der Waals surface area contributed by atoms with Crippen LogP contribution in [0.15, 0.2) is 71.6 Å². The van der Waals surface area contributed by atoms with Gasteiger partial charge in [-0.15, -0.1) is 0 Å². The number of nitrogens with one attached hydrogen (secondary N) is 1. The maximum atomic E-state index is 14.2. The van der Waals surface area contributed by atoms with Crippen molar-refractivity contribution in [2.24, 2.45) is 0 Å². The number of sulfonamides is 1. The SMILES string of the molecule is CCOc1ccc(N(CC(=O)N(Cc2ccc(F)cc2)[C@H](C)C(=O)NC2CCCCC2)S(=O)(=O)c2ccc(OC)c(OC)c2)cc1. The van der Waals surface area contributed by atoms with Crippen LogP contribution in [-0.2, 0) is 26.2 Å². The molecule has 1 aliphatic carbocycles. The minimum absolute atomic E-state index is 0.0113. The number of ether oxygens (including phenoxy) is 3. The summed E-state index contributed by atoms with van der Waals surface area (Å²) in [7, 11) is -1.51. The van der Waals surface area contributed by atoms with E-state index in [1.165, 1.54) is 61.6 Å². The second-order valence-electron chi connectivity index (χ2n) is 11.1. The number of carbonyl (C=O) groups excluding carboxylic acids is 2. The number of carbonyl (C=O) groups is 2. The molecule has 1 saturated carbocycles. The third kappa shape index (κ3) is 8.48. The zero-order chi connectivity index (χ0) is 33.3. The fourth-order valence-corrected chi connectivity index (χ4v) is 6.88. The largest absolute Gasteiger partial charge is 0.494 e. The van der Waals surface area contributed by atoms with Gasteiger partial charge >= 0.3 is 0 Å². The van der Waals surface area contributed by atoms with Crippen molar-refractivity contribution in [1.82, 2.24) is 10.2 Å². The van der Waals surface area contributed by atoms with E-state index in [0.29, 0.717) is 23.7 Å². The summed E-state index contributed by atoms with van der Waals surface area (Å²) in [5, 5.41) is 3.07. The molecular weight excluding hydrogens is 613 g/mol. The van der Waals surface area contributed by atoms with Gasteiger partial charge in [-0.25, -0.2) is 12.8 Å². The summed E-state index contributed by atoms with van der Waals surface area (Å²) < 4.78 is 59.3. The molecule has 2 amide bonds. The number of nitrogens with zero attached hydrogens (tertiary/aromatic N) is 2. The molecule has 0 saturated heterocycles. The Kier molecular flexibility index (Phi) is 11.9. The average molecular weight is 656 g/mol. The smallest absolute Gasteiger partial charge is 0.264 e. The van der Waals surface area contributed by atoms with Gasteiger partial charge in [0.25, 0.3) is 10.0 Å². The number of hydrogen-bond acceptors (Lipinski definition) is 7. The van der Waals surface area contributed by atoms with Crippen LogP contribution < -0.4 is 23.8 Å². The predicted molar refractivity (Wildman–Crippen MR) is 173 cm³/mol. The highest BCUT2D eigenvalue weighted by atomic mass is 32.2. The van der Waals surface area contributed by atoms with E-state index < -0.39 is 34.3 Å². The molecule has 0 bridgehead atoms. The lowest BCUT2D eigenvalue weighted by molar-refractivity contribution is -0.139. The van der Waals surface area contributed by atoms with Crippen molar-refractivity contribution in [2.75, 3.05) is 31.7 Å². The number of anilines is 1. The monoisotopic (exact) mass is 655 g/mol. The molecule has 1 N–H and O–H groups in total. The van der Waals surface area contributed by atoms with Gasteiger partial charge in [-0.05, 0) is 80.8 Å². The molecule has 248 valence electrons. The highest BCUT2D eigenvalue weighted by Gasteiger charge is 2.33. The Morgan fingerprint density at radius 1 is 0.935 bits per heavy atom. The molecule has 12 heteroatoms. The Hall–Kier alpha value is -4.32. The standard InChI is InChI=1S/C34H42FN3O7S/c1-5-45-29-17-15-28(16-18-29)38(46(41,42)30-19-20-31(43-3)32(21-30)44-4)23-33(39)37(22-25-11-13-26(35)14-12-25)24(2)34(40)36-27-9-7-6-8-10-27/h11-21,24,27H,5-10,22-23H2,1-4H3,(H,36,40)/t24-/m1/s1. The number of halogens is 1. The van der Waals surface area contributed by atoms with Gasteiger partial charge in [0.1, 0.15) is 24.2 Å². The summed E-state index contributed by atoms with van der Waals surface area (Å²) in [6.45, 7) is 3.22. The van der Waals surface area contributed by atoms with E-state index in [9.17, 15) is 22.4 Å². The summed E-state index contributed by atoms with van der Waals surface area (Å²) in [6, 6.07) is 15.2. The maximum Gasteiger partial charge on any atom is 0.264 e. The lowest BCUT2D eigenvalue weighted by atomic mass is 9.95. The van der Waals surface area contributed by atoms with E-state index in [1.54, 1.807) is 31.2 Å². The molecule has 0 heterocycles. The van der Waals surface area contributed by atoms with Crippen molar-refractivity contribution >= 4 is 27.5 Å². The van der Waals surface area contributed by atoms with Crippen molar-refractivity contribution in [2.45, 2.75) is 69.5 Å². The van der Waals surface area contributed by atoms with Crippen LogP contribution in [0.1, 0.15) is 51.5 Å². The number of amides is 2. The zero-order valence-corrected chi connectivity index (χ0v) is 27.5. The van der Waals surface area contributed by atoms with Gasteiger partial charge in [-0.3, -0.25) is 13.9 Å². The van der Waals surface area contributed by atoms with Crippen LogP contribution in [0.2, 0.25) is 0 Å². The van der Waals surface area contributed by atoms with E-state index in [-0.39, 0.29) is 34.8 Å². The van der Waals surface area contributed by atoms with Crippen molar-refractivity contribution in [3.63, 3.8) is 0 Å². The third-order valence-electron chi connectivity index (χ3n) is 8.04. The van der Waals surface area contributed by atoms with Gasteiger partial charge in [-0.2, -0.15) is 0 Å². The quantitative estimate of drug-likeness (QED) is 0.251. The predicted octanol–water partition coefficient (Wildman–Crippen LogP) is 5.30. The van der Waals surface area contributed by atoms with Gasteiger partial charge in [0.05, 0.1) is 31.4 Å². The van der Waals surface area contributed by atoms with Crippen LogP contribution in [0.5, 0.6) is 17.2 Å². The normalized spacial score (nSPS) is 14.2. The molecule has 3 aromatic carbocycles. The molecule has 0 radical (unpaired) electrons. The second-order valence-corrected chi connectivity index (χ2v) is 13.0. The molecule has 0 aromatic heterocycles. The van der Waals surface area contributed by atoms with E-state index in [2.05, 4.69) is 5.32 Å². The molecular formula is C34H42FN3O7S. The van der Waals surface area contributed by atoms with E-state index in [1.807, 2.05) is 6.92 Å². The summed E-state index contributed by atoms with van der Waals surface area (Å²) in [4.78, 5) is 28.9. The molecule has 0 unspecified atom stereocenters. The Bertz CT molecular complexity index is 1580. The van der Waals surface area contributed by atoms with Gasteiger partial charge < -0.3 is 24.4 Å². The molecule has 10 nitrogen and oxygen atoms in total. The first-order valence-corrected chi connectivity index (χ1v) is 16.8. The summed E-state index contributed by atoms with van der Waals surface area (Å²) >= 11 is 0. The van der Waals surface area contributed by atoms with Crippen molar-refractivity contribution in [1.29, 1.82) is 0 Å². The van der Waals surface area contributed by atoms with Crippen LogP contribution in [0.3, 0.4) is 0 Å². The Morgan fingerprint density at radius 2 is 1.59 bits per heavy atom. The minimum Gasteiger partial charge on any atom is -0.494 e. The van der Waals surface area contributed by atoms with E-state index in [4.69, 9.17) is 14.2 Å². The van der Waals surface area contributed by atoms with Crippen molar-refractivity contribution in [3.05, 3.63) is 78.1 Å². The highest BCUT2D eigenvalue weighted by Crippen LogP contribution is 2.33. The lowest BCUT2D eigenvalue weighted by Gasteiger charge is -2.33. The first-order valence-electron chi connectivity index (χ1n) is 15.4. The number of hydrogen-bond donors (Lipinski definition) is 1. The molecule has 1 aliphatic rings. The number of methoxy groups -OCH3 is 2. The summed E-state index contributed by atoms with van der Waals surface area (Å²) in [5.41, 5.74) is 0.801. The number of rotatable bonds is 14. The van der Waals surface area contributed by atoms with Gasteiger partial charge in [0.15, 0.2) is 11.5 Å². The van der Waals surface area contributed by atoms with Crippen LogP contribution in [0.25, 0.3) is 0 Å². The summed E-state index contributed by atoms with van der Waals surface area (Å²) in [6.07, 6.45) is 4.87. The van der Waals surface area contributed by atoms with Crippen LogP contribution in [-0.4, -0.2) is 64.6 Å². The van der Waals surface area contributed by atoms with Gasteiger partial charge in [-0.1, -0.05) is 31.4 Å². The van der Waals surface area contributed by atoms with Crippen LogP contribution in [0, 0.1) is 5.82 Å². The third-order valence-corrected chi connectivity index (χ3v) is 9.81. The van der Waals surface area contributed by atoms with Crippen molar-refractivity contribution < 1.29 is 36.6 Å². The maximum absolute atomic E-state index is 14.2. The fraction of sp³-hybridized carbons (Fsp3) is 0.412. The molecule has 4 rings (SSSR count). The van der Waals surface area contributed by atoms with Crippen LogP contribution >= 0.6 is 0 Å². The van der Waals surface area contributed by atoms with E-state index in [0.717, 1.165) is 36.4 Å². The molecule has 0 spiro atoms. The molecule has 1 atom stereocenters. The average Bonchev–Trinajstić information content (AvgIpc) is 3.07. The molecule has 0 aliphatic heterocycles. The molecule has 3 aromatic rings. The Balaban J connectivity index is 1.71. The second kappa shape index (κ2) is 15.8. The minimum atomic E-state index is -4.35. The summed E-state index contributed by atoms with van der Waals surface area (Å²) in [5.74, 6) is -0.313. The van der Waals surface area contributed by atoms with E-state index >= 15 is 0 Å². The van der Waals surface area contributed by atoms with Crippen LogP contribution in [0.4, 0.5) is 10.1 Å². The Morgan fingerprint density at radius 3 is 2.20 bits per heavy atom. The molecule has 46 heavy (non-hydrogen) atoms. The topological polar surface area (TPSA) is 114 Å². The lowest BCUT2D eigenvalue weighted by Crippen LogP contribution is -2.53. The fourth-order valence-electron chi connectivity index (χ4n) is 5.45. The first kappa shape index (κ1) is 34.6. The highest BCUT2D eigenvalue weighted by molar-refractivity contribution is 7.92. The number of benzene rings is 3. The molecule has 1 fully saturated rings.